The van der Waals surface area contributed by atoms with E-state index in [1.807, 2.05) is 92.9 Å². The second-order valence-corrected chi connectivity index (χ2v) is 10.1. The fourth-order valence-electron chi connectivity index (χ4n) is 3.63. The van der Waals surface area contributed by atoms with E-state index < -0.39 is 18.0 Å². The van der Waals surface area contributed by atoms with Gasteiger partial charge in [0.1, 0.15) is 0 Å². The number of unbranched alkanes of at least 4 members (excludes halogenated alkanes) is 1. The Labute approximate surface area is 261 Å². The molecule has 1 aromatic heterocycles. The average Bonchev–Trinajstić information content (AvgIpc) is 3.46. The number of hydrogen-bond acceptors (Lipinski definition) is 5. The van der Waals surface area contributed by atoms with Gasteiger partial charge in [-0.2, -0.15) is 13.2 Å². The SMILES string of the molecule is CC.CCC(F)(F)F.CCCN.CCNCCCCC(C(N)=O)(c1ccccc1)c1ccccc1.Cc1ccsc1B=O. The third kappa shape index (κ3) is 17.8. The topological polar surface area (TPSA) is 98.2 Å². The summed E-state index contributed by atoms with van der Waals surface area (Å²) in [6, 6.07) is 21.7. The third-order valence-electron chi connectivity index (χ3n) is 6.06. The van der Waals surface area contributed by atoms with Crippen LogP contribution in [0.25, 0.3) is 0 Å². The van der Waals surface area contributed by atoms with Crippen LogP contribution < -0.4 is 21.6 Å². The molecule has 3 rings (SSSR count). The zero-order valence-corrected chi connectivity index (χ0v) is 27.5. The van der Waals surface area contributed by atoms with E-state index in [2.05, 4.69) is 19.2 Å². The van der Waals surface area contributed by atoms with Crippen LogP contribution in [0, 0.1) is 6.92 Å². The molecule has 0 aliphatic heterocycles. The monoisotopic (exact) mass is 621 g/mol. The molecule has 0 saturated heterocycles. The number of hydrogen-bond donors (Lipinski definition) is 3. The Morgan fingerprint density at radius 2 is 1.37 bits per heavy atom. The first-order chi connectivity index (χ1) is 20.5. The Morgan fingerprint density at radius 1 is 0.907 bits per heavy atom. The summed E-state index contributed by atoms with van der Waals surface area (Å²) in [4.78, 5) is 12.5. The summed E-state index contributed by atoms with van der Waals surface area (Å²) >= 11 is 1.48. The zero-order chi connectivity index (χ0) is 33.2. The third-order valence-corrected chi connectivity index (χ3v) is 7.00. The number of nitrogens with two attached hydrogens (primary N) is 2. The number of aryl methyl sites for hydroxylation is 1. The van der Waals surface area contributed by atoms with Crippen LogP contribution in [0.4, 0.5) is 13.2 Å². The van der Waals surface area contributed by atoms with Gasteiger partial charge in [-0.15, -0.1) is 0 Å². The van der Waals surface area contributed by atoms with Gasteiger partial charge in [0.25, 0.3) is 0 Å². The normalized spacial score (nSPS) is 10.2. The number of amides is 1. The minimum atomic E-state index is -3.96. The average molecular weight is 622 g/mol. The van der Waals surface area contributed by atoms with Gasteiger partial charge in [-0.3, -0.25) is 4.79 Å². The molecule has 0 radical (unpaired) electrons. The van der Waals surface area contributed by atoms with Crippen molar-refractivity contribution in [2.24, 2.45) is 11.5 Å². The molecular formula is C33H51BF3N3O2S. The van der Waals surface area contributed by atoms with Crippen LogP contribution >= 0.6 is 11.3 Å². The van der Waals surface area contributed by atoms with Gasteiger partial charge < -0.3 is 16.8 Å². The number of alkyl halides is 3. The minimum absolute atomic E-state index is 0.279. The van der Waals surface area contributed by atoms with E-state index in [9.17, 15) is 22.7 Å². The van der Waals surface area contributed by atoms with Crippen LogP contribution in [0.3, 0.4) is 0 Å². The van der Waals surface area contributed by atoms with Gasteiger partial charge in [0.05, 0.1) is 5.41 Å². The van der Waals surface area contributed by atoms with E-state index in [1.54, 1.807) is 0 Å². The molecule has 43 heavy (non-hydrogen) atoms. The number of benzene rings is 2. The molecule has 0 aliphatic carbocycles. The van der Waals surface area contributed by atoms with Crippen LogP contribution in [-0.2, 0) is 14.9 Å². The van der Waals surface area contributed by atoms with Gasteiger partial charge >= 0.3 is 58.1 Å². The molecule has 10 heteroatoms. The summed E-state index contributed by atoms with van der Waals surface area (Å²) in [6.45, 7) is 13.9. The molecule has 5 nitrogen and oxygen atoms in total. The van der Waals surface area contributed by atoms with Gasteiger partial charge in [0.2, 0.25) is 5.91 Å². The van der Waals surface area contributed by atoms with Crippen molar-refractivity contribution in [3.8, 4) is 0 Å². The zero-order valence-electron chi connectivity index (χ0n) is 26.7. The van der Waals surface area contributed by atoms with Gasteiger partial charge in [0, 0.05) is 6.42 Å². The molecule has 240 valence electrons. The number of primary amides is 1. The first-order valence-corrected chi connectivity index (χ1v) is 15.8. The number of carbonyl (C=O) groups is 1. The predicted molar refractivity (Wildman–Crippen MR) is 177 cm³/mol. The van der Waals surface area contributed by atoms with Crippen LogP contribution in [0.15, 0.2) is 72.1 Å². The van der Waals surface area contributed by atoms with Crippen molar-refractivity contribution in [2.45, 2.75) is 85.2 Å². The van der Waals surface area contributed by atoms with Gasteiger partial charge in [-0.1, -0.05) is 102 Å². The van der Waals surface area contributed by atoms with Crippen LogP contribution in [0.2, 0.25) is 0 Å². The Hall–Kier alpha value is -2.82. The van der Waals surface area contributed by atoms with Gasteiger partial charge in [-0.25, -0.2) is 0 Å². The molecule has 2 aromatic carbocycles. The summed E-state index contributed by atoms with van der Waals surface area (Å²) in [6.07, 6.45) is -0.892. The molecule has 0 aliphatic rings. The number of halogens is 3. The Bertz CT molecular complexity index is 1040. The van der Waals surface area contributed by atoms with Crippen LogP contribution in [0.5, 0.6) is 0 Å². The second kappa shape index (κ2) is 25.7. The van der Waals surface area contributed by atoms with Crippen molar-refractivity contribution in [2.75, 3.05) is 19.6 Å². The fourth-order valence-corrected chi connectivity index (χ4v) is 4.36. The Kier molecular flexibility index (Phi) is 25.3. The molecule has 1 amide bonds. The first-order valence-electron chi connectivity index (χ1n) is 14.9. The van der Waals surface area contributed by atoms with E-state index in [1.165, 1.54) is 11.3 Å². The first kappa shape index (κ1) is 42.3. The molecule has 1 heterocycles. The van der Waals surface area contributed by atoms with Crippen molar-refractivity contribution in [1.82, 2.24) is 5.32 Å². The predicted octanol–water partition coefficient (Wildman–Crippen LogP) is 7.31. The van der Waals surface area contributed by atoms with Crippen molar-refractivity contribution in [3.63, 3.8) is 0 Å². The molecular weight excluding hydrogens is 570 g/mol. The quantitative estimate of drug-likeness (QED) is 0.155. The molecule has 0 unspecified atom stereocenters. The maximum atomic E-state index is 12.5. The molecule has 0 bridgehead atoms. The number of rotatable bonds is 11. The van der Waals surface area contributed by atoms with Crippen LogP contribution in [-0.4, -0.2) is 38.9 Å². The molecule has 0 saturated carbocycles. The van der Waals surface area contributed by atoms with E-state index in [0.717, 1.165) is 80.9 Å². The summed E-state index contributed by atoms with van der Waals surface area (Å²) in [5.41, 5.74) is 13.2. The van der Waals surface area contributed by atoms with Crippen molar-refractivity contribution >= 4 is 29.2 Å². The van der Waals surface area contributed by atoms with E-state index >= 15 is 0 Å². The number of thiophene rings is 1. The fraction of sp³-hybridized carbons (Fsp3) is 0.485. The van der Waals surface area contributed by atoms with Gasteiger partial charge in [0.15, 0.2) is 0 Å². The number of carbonyl (C=O) groups excluding carboxylic acids is 1. The van der Waals surface area contributed by atoms with Gasteiger partial charge in [-0.05, 0) is 50.0 Å². The van der Waals surface area contributed by atoms with E-state index in [-0.39, 0.29) is 5.91 Å². The van der Waals surface area contributed by atoms with Crippen molar-refractivity contribution in [3.05, 3.63) is 88.8 Å². The Balaban J connectivity index is 0. The number of nitrogens with one attached hydrogen (secondary N) is 1. The molecule has 3 aromatic rings. The Morgan fingerprint density at radius 3 is 1.65 bits per heavy atom. The van der Waals surface area contributed by atoms with E-state index in [0.29, 0.717) is 0 Å². The molecule has 0 atom stereocenters. The maximum absolute atomic E-state index is 12.5. The second-order valence-electron chi connectivity index (χ2n) is 9.16. The molecule has 0 spiro atoms. The molecule has 5 N–H and O–H groups in total. The van der Waals surface area contributed by atoms with Crippen molar-refractivity contribution < 1.29 is 22.7 Å². The molecule has 0 fully saturated rings. The standard InChI is InChI=1S/C20H26N2O.C5H5BOS.C3H5F3.C3H9N.C2H6/c1-2-22-16-10-9-15-20(19(21)23,17-11-5-3-6-12-17)18-13-7-4-8-14-18;1-4-2-3-8-5(4)6-7;1-2-3(4,5)6;1-2-3-4;1-2/h3-8,11-14,22H,2,9-10,15-16H2,1H3,(H2,21,23);2-3H,1H3;2H2,1H3;2-4H2,1H3;1-2H3. The van der Waals surface area contributed by atoms with Crippen LogP contribution in [0.1, 0.15) is 83.4 Å². The summed E-state index contributed by atoms with van der Waals surface area (Å²) in [5, 5.41) is 5.24. The summed E-state index contributed by atoms with van der Waals surface area (Å²) < 4.78 is 43.3. The van der Waals surface area contributed by atoms with E-state index in [4.69, 9.17) is 11.5 Å². The van der Waals surface area contributed by atoms with Crippen molar-refractivity contribution in [1.29, 1.82) is 0 Å². The summed E-state index contributed by atoms with van der Waals surface area (Å²) in [5.74, 6) is -0.279. The summed E-state index contributed by atoms with van der Waals surface area (Å²) in [7, 11) is 0.889.